The first-order chi connectivity index (χ1) is 27.8. The number of Topliss-reactive ketones (excluding diaryl/α,β-unsaturated/α-hetero) is 1. The van der Waals surface area contributed by atoms with E-state index in [1.54, 1.807) is 56.6 Å². The number of rotatable bonds is 5. The van der Waals surface area contributed by atoms with Crippen LogP contribution in [0.3, 0.4) is 0 Å². The Hall–Kier alpha value is -4.16. The molecule has 1 saturated heterocycles. The molecule has 0 bridgehead atoms. The number of esters is 1. The highest BCUT2D eigenvalue weighted by Crippen LogP contribution is 2.38. The number of carbonyl (C=O) groups is 2. The van der Waals surface area contributed by atoms with Gasteiger partial charge in [-0.25, -0.2) is 25.6 Å². The van der Waals surface area contributed by atoms with E-state index in [1.165, 1.54) is 31.4 Å². The van der Waals surface area contributed by atoms with Crippen molar-refractivity contribution < 1.29 is 49.3 Å². The van der Waals surface area contributed by atoms with Crippen molar-refractivity contribution in [3.05, 3.63) is 116 Å². The molecule has 17 heteroatoms. The van der Waals surface area contributed by atoms with Crippen LogP contribution in [0.4, 0.5) is 8.78 Å². The summed E-state index contributed by atoms with van der Waals surface area (Å²) >= 11 is 3.36. The molecule has 0 N–H and O–H groups in total. The lowest BCUT2D eigenvalue weighted by Crippen LogP contribution is -2.41. The number of ketones is 1. The fraction of sp³-hybridized carbons (Fsp3) is 0.395. The third kappa shape index (κ3) is 10.6. The van der Waals surface area contributed by atoms with Gasteiger partial charge in [0.15, 0.2) is 19.7 Å². The second kappa shape index (κ2) is 18.1. The lowest BCUT2D eigenvalue weighted by molar-refractivity contribution is -0.134. The van der Waals surface area contributed by atoms with Crippen LogP contribution in [-0.2, 0) is 62.6 Å². The highest BCUT2D eigenvalue weighted by atomic mass is 79.9. The lowest BCUT2D eigenvalue weighted by Gasteiger charge is -2.32. The second-order valence-corrected chi connectivity index (χ2v) is 21.0. The van der Waals surface area contributed by atoms with Gasteiger partial charge in [0.1, 0.15) is 23.2 Å². The van der Waals surface area contributed by atoms with E-state index in [-0.39, 0.29) is 33.6 Å². The van der Waals surface area contributed by atoms with Gasteiger partial charge < -0.3 is 14.0 Å². The van der Waals surface area contributed by atoms with Gasteiger partial charge in [0.05, 0.1) is 32.4 Å². The van der Waals surface area contributed by atoms with Crippen LogP contribution in [0, 0.1) is 25.5 Å². The van der Waals surface area contributed by atoms with Gasteiger partial charge in [-0.15, -0.1) is 0 Å². The van der Waals surface area contributed by atoms with Crippen LogP contribution in [0.2, 0.25) is 0 Å². The van der Waals surface area contributed by atoms with Crippen molar-refractivity contribution in [2.45, 2.75) is 107 Å². The van der Waals surface area contributed by atoms with E-state index in [0.29, 0.717) is 76.1 Å². The molecule has 1 atom stereocenters. The summed E-state index contributed by atoms with van der Waals surface area (Å²) in [4.78, 5) is 32.3. The first kappa shape index (κ1) is 46.9. The average molecular weight is 930 g/mol. The molecule has 2 aromatic carbocycles. The Labute approximate surface area is 359 Å². The van der Waals surface area contributed by atoms with Crippen molar-refractivity contribution in [3.8, 4) is 0 Å². The molecule has 4 aromatic rings. The molecule has 1 fully saturated rings. The Kier molecular flexibility index (Phi) is 14.1. The average Bonchev–Trinajstić information content (AvgIpc) is 3.24. The van der Waals surface area contributed by atoms with Gasteiger partial charge >= 0.3 is 13.1 Å². The summed E-state index contributed by atoms with van der Waals surface area (Å²) in [7, 11) is -7.34. The van der Waals surface area contributed by atoms with Crippen molar-refractivity contribution in [1.82, 2.24) is 9.97 Å². The summed E-state index contributed by atoms with van der Waals surface area (Å²) in [6.07, 6.45) is 7.77. The third-order valence-corrected chi connectivity index (χ3v) is 14.1. The highest BCUT2D eigenvalue weighted by Gasteiger charge is 2.52. The van der Waals surface area contributed by atoms with E-state index in [1.807, 2.05) is 27.7 Å². The maximum Gasteiger partial charge on any atom is 0.496 e. The van der Waals surface area contributed by atoms with E-state index in [0.717, 1.165) is 10.7 Å². The molecule has 1 aliphatic heterocycles. The zero-order valence-corrected chi connectivity index (χ0v) is 38.2. The fourth-order valence-corrected chi connectivity index (χ4v) is 9.41. The van der Waals surface area contributed by atoms with Crippen molar-refractivity contribution in [2.24, 2.45) is 0 Å². The van der Waals surface area contributed by atoms with Crippen molar-refractivity contribution >= 4 is 65.7 Å². The minimum Gasteiger partial charge on any atom is -0.425 e. The molecule has 320 valence electrons. The molecule has 0 amide bonds. The van der Waals surface area contributed by atoms with Gasteiger partial charge in [-0.3, -0.25) is 19.6 Å². The van der Waals surface area contributed by atoms with E-state index >= 15 is 0 Å². The molecule has 11 nitrogen and oxygen atoms in total. The second-order valence-electron chi connectivity index (χ2n) is 16.0. The predicted molar refractivity (Wildman–Crippen MR) is 228 cm³/mol. The molecule has 60 heavy (non-hydrogen) atoms. The van der Waals surface area contributed by atoms with Crippen LogP contribution in [-0.4, -0.2) is 69.4 Å². The first-order valence-electron chi connectivity index (χ1n) is 19.1. The molecule has 7 rings (SSSR count). The van der Waals surface area contributed by atoms with Gasteiger partial charge in [0.25, 0.3) is 0 Å². The molecule has 0 spiro atoms. The van der Waals surface area contributed by atoms with Gasteiger partial charge in [-0.2, -0.15) is 0 Å². The third-order valence-electron chi connectivity index (χ3n) is 11.0. The minimum absolute atomic E-state index is 0.0375. The van der Waals surface area contributed by atoms with Crippen molar-refractivity contribution in [2.75, 3.05) is 12.5 Å². The number of nitrogens with zero attached hydrogens (tertiary/aromatic N) is 2. The maximum atomic E-state index is 14.0. The molecule has 3 aliphatic rings. The summed E-state index contributed by atoms with van der Waals surface area (Å²) in [5.74, 6) is -1.01. The molecule has 3 heterocycles. The van der Waals surface area contributed by atoms with Crippen LogP contribution >= 0.6 is 15.9 Å². The van der Waals surface area contributed by atoms with Gasteiger partial charge in [0.2, 0.25) is 0 Å². The van der Waals surface area contributed by atoms with Crippen LogP contribution < -0.4 is 5.46 Å². The van der Waals surface area contributed by atoms with E-state index < -0.39 is 49.9 Å². The summed E-state index contributed by atoms with van der Waals surface area (Å²) in [6.45, 7) is 12.4. The van der Waals surface area contributed by atoms with Crippen LogP contribution in [0.5, 0.6) is 0 Å². The van der Waals surface area contributed by atoms with Gasteiger partial charge in [-0.05, 0) is 114 Å². The number of pyridine rings is 2. The standard InChI is InChI=1S/C18H18FNO3S.C13H20BNO4S.C12H10BrFO2/c1-11-18(24(2,22)23)9-13(10-20-11)15-7-6-14-12(8-17(15)21)4-3-5-16(14)19;1-9-11(20(6,16)17)7-10(8-15-9)14-18-12(2,3)13(4,5)19-14;1-7(15)16-12-9-3-2-4-11(14)8(9)5-6-10(12)13/h3-5,9-10,15H,6-8H2,1-2H3;7-8H,1-6H3;2-4H,5-6H2,1H3. The predicted octanol–water partition coefficient (Wildman–Crippen LogP) is 7.27. The topological polar surface area (TPSA) is 156 Å². The normalized spacial score (nSPS) is 18.2. The van der Waals surface area contributed by atoms with Gasteiger partial charge in [-0.1, -0.05) is 40.2 Å². The molecular formula is C43H48BBrF2N2O9S2. The molecule has 1 unspecified atom stereocenters. The summed E-state index contributed by atoms with van der Waals surface area (Å²) in [6, 6.07) is 12.7. The van der Waals surface area contributed by atoms with Crippen molar-refractivity contribution in [1.29, 1.82) is 0 Å². The van der Waals surface area contributed by atoms with E-state index in [2.05, 4.69) is 25.9 Å². The largest absolute Gasteiger partial charge is 0.496 e. The number of hydrogen-bond acceptors (Lipinski definition) is 11. The summed E-state index contributed by atoms with van der Waals surface area (Å²) in [5.41, 5.74) is 3.73. The first-order valence-corrected chi connectivity index (χ1v) is 23.7. The number of aryl methyl sites for hydroxylation is 2. The van der Waals surface area contributed by atoms with E-state index in [4.69, 9.17) is 14.0 Å². The van der Waals surface area contributed by atoms with E-state index in [9.17, 15) is 35.2 Å². The Balaban J connectivity index is 0.000000174. The number of halogens is 3. The highest BCUT2D eigenvalue weighted by molar-refractivity contribution is 9.11. The van der Waals surface area contributed by atoms with Crippen molar-refractivity contribution in [3.63, 3.8) is 0 Å². The number of aromatic nitrogens is 2. The van der Waals surface area contributed by atoms with Gasteiger partial charge in [0, 0.05) is 59.7 Å². The quantitative estimate of drug-likeness (QED) is 0.113. The smallest absolute Gasteiger partial charge is 0.425 e. The SMILES string of the molecule is CC(=O)OC1=C(Br)CCc2c(F)cccc21.Cc1ncc(B2OC(C)(C)C(C)(C)O2)cc1S(C)(=O)=O.Cc1ncc(C2CCc3c(F)cccc3CC2=O)cc1S(C)(=O)=O. The number of allylic oxidation sites excluding steroid dienone is 1. The van der Waals surface area contributed by atoms with Crippen LogP contribution in [0.1, 0.15) is 92.6 Å². The number of sulfone groups is 2. The molecule has 0 saturated carbocycles. The van der Waals surface area contributed by atoms with Crippen LogP contribution in [0.15, 0.2) is 75.2 Å². The molecule has 0 radical (unpaired) electrons. The number of fused-ring (bicyclic) bond motifs is 2. The number of carbonyl (C=O) groups excluding carboxylic acids is 2. The summed E-state index contributed by atoms with van der Waals surface area (Å²) < 4.78 is 92.5. The number of hydrogen-bond donors (Lipinski definition) is 0. The fourth-order valence-electron chi connectivity index (χ4n) is 7.04. The lowest BCUT2D eigenvalue weighted by atomic mass is 9.80. The Morgan fingerprint density at radius 3 is 1.97 bits per heavy atom. The van der Waals surface area contributed by atoms with Crippen LogP contribution in [0.25, 0.3) is 5.76 Å². The number of benzene rings is 2. The Bertz CT molecular complexity index is 2580. The molecule has 2 aromatic heterocycles. The zero-order valence-electron chi connectivity index (χ0n) is 35.0. The Morgan fingerprint density at radius 1 is 0.833 bits per heavy atom. The Morgan fingerprint density at radius 2 is 1.38 bits per heavy atom. The zero-order chi connectivity index (χ0) is 44.5. The molecular weight excluding hydrogens is 881 g/mol. The number of ether oxygens (including phenoxy) is 1. The monoisotopic (exact) mass is 928 g/mol. The minimum atomic E-state index is -3.42. The molecule has 2 aliphatic carbocycles. The maximum absolute atomic E-state index is 14.0. The summed E-state index contributed by atoms with van der Waals surface area (Å²) in [5, 5.41) is 0.